The molecular weight excluding hydrogens is 270 g/mol. The molecule has 0 fully saturated rings. The number of hydrogen-bond donors (Lipinski definition) is 1. The summed E-state index contributed by atoms with van der Waals surface area (Å²) in [6.07, 6.45) is -3.91. The van der Waals surface area contributed by atoms with E-state index in [0.29, 0.717) is 12.0 Å². The fourth-order valence-electron chi connectivity index (χ4n) is 1.91. The second kappa shape index (κ2) is 5.63. The largest absolute Gasteiger partial charge is 0.416 e. The molecule has 0 aliphatic rings. The zero-order chi connectivity index (χ0) is 14.8. The van der Waals surface area contributed by atoms with Crippen molar-refractivity contribution in [3.63, 3.8) is 0 Å². The topological polar surface area (TPSA) is 26.0 Å². The van der Waals surface area contributed by atoms with Gasteiger partial charge in [0.25, 0.3) is 0 Å². The summed E-state index contributed by atoms with van der Waals surface area (Å²) in [5.74, 6) is -0.336. The minimum absolute atomic E-state index is 0.336. The lowest BCUT2D eigenvalue weighted by Gasteiger charge is -2.13. The molecular formula is C15H13F4N. The maximum atomic E-state index is 12.8. The second-order valence-electron chi connectivity index (χ2n) is 4.56. The molecule has 2 N–H and O–H groups in total. The molecule has 2 rings (SSSR count). The third-order valence-corrected chi connectivity index (χ3v) is 3.04. The van der Waals surface area contributed by atoms with Gasteiger partial charge in [-0.05, 0) is 41.8 Å². The Morgan fingerprint density at radius 2 is 1.45 bits per heavy atom. The van der Waals surface area contributed by atoms with Crippen LogP contribution in [0.2, 0.25) is 0 Å². The molecule has 0 aliphatic carbocycles. The Hall–Kier alpha value is -1.88. The van der Waals surface area contributed by atoms with E-state index in [9.17, 15) is 17.6 Å². The van der Waals surface area contributed by atoms with Crippen LogP contribution in [0.5, 0.6) is 0 Å². The van der Waals surface area contributed by atoms with E-state index in [0.717, 1.165) is 17.7 Å². The minimum Gasteiger partial charge on any atom is -0.324 e. The molecule has 0 aromatic heterocycles. The number of hydrogen-bond acceptors (Lipinski definition) is 1. The van der Waals surface area contributed by atoms with Crippen LogP contribution < -0.4 is 5.73 Å². The van der Waals surface area contributed by atoms with Crippen molar-refractivity contribution in [3.05, 3.63) is 71.0 Å². The van der Waals surface area contributed by atoms with Crippen molar-refractivity contribution in [2.75, 3.05) is 0 Å². The summed E-state index contributed by atoms with van der Waals surface area (Å²) in [6, 6.07) is 10.2. The summed E-state index contributed by atoms with van der Waals surface area (Å²) in [6.45, 7) is 0. The molecule has 0 saturated heterocycles. The number of rotatable bonds is 3. The quantitative estimate of drug-likeness (QED) is 0.844. The smallest absolute Gasteiger partial charge is 0.324 e. The van der Waals surface area contributed by atoms with Gasteiger partial charge >= 0.3 is 6.18 Å². The van der Waals surface area contributed by atoms with Crippen LogP contribution in [-0.2, 0) is 12.6 Å². The molecule has 106 valence electrons. The van der Waals surface area contributed by atoms with Crippen LogP contribution in [0.25, 0.3) is 0 Å². The summed E-state index contributed by atoms with van der Waals surface area (Å²) < 4.78 is 50.1. The van der Waals surface area contributed by atoms with Gasteiger partial charge < -0.3 is 5.73 Å². The van der Waals surface area contributed by atoms with E-state index in [2.05, 4.69) is 0 Å². The van der Waals surface area contributed by atoms with Crippen LogP contribution in [0, 0.1) is 5.82 Å². The van der Waals surface area contributed by atoms with Crippen LogP contribution in [-0.4, -0.2) is 0 Å². The first-order chi connectivity index (χ1) is 9.36. The van der Waals surface area contributed by atoms with Crippen LogP contribution >= 0.6 is 0 Å². The van der Waals surface area contributed by atoms with Crippen LogP contribution in [0.1, 0.15) is 22.7 Å². The molecule has 1 nitrogen and oxygen atoms in total. The highest BCUT2D eigenvalue weighted by Crippen LogP contribution is 2.30. The summed E-state index contributed by atoms with van der Waals surface area (Å²) in [5.41, 5.74) is 6.70. The fraction of sp³-hybridized carbons (Fsp3) is 0.200. The van der Waals surface area contributed by atoms with Gasteiger partial charge in [-0.3, -0.25) is 0 Å². The lowest BCUT2D eigenvalue weighted by Crippen LogP contribution is -2.14. The van der Waals surface area contributed by atoms with Gasteiger partial charge in [-0.15, -0.1) is 0 Å². The van der Waals surface area contributed by atoms with E-state index >= 15 is 0 Å². The van der Waals surface area contributed by atoms with Crippen molar-refractivity contribution in [1.29, 1.82) is 0 Å². The molecule has 2 aromatic carbocycles. The van der Waals surface area contributed by atoms with Gasteiger partial charge in [0.2, 0.25) is 0 Å². The summed E-state index contributed by atoms with van der Waals surface area (Å²) in [4.78, 5) is 0. The highest BCUT2D eigenvalue weighted by Gasteiger charge is 2.30. The maximum absolute atomic E-state index is 12.8. The lowest BCUT2D eigenvalue weighted by molar-refractivity contribution is -0.137. The van der Waals surface area contributed by atoms with Crippen molar-refractivity contribution >= 4 is 0 Å². The van der Waals surface area contributed by atoms with Gasteiger partial charge in [-0.1, -0.05) is 24.3 Å². The Balaban J connectivity index is 2.09. The van der Waals surface area contributed by atoms with Crippen molar-refractivity contribution in [1.82, 2.24) is 0 Å². The summed E-state index contributed by atoms with van der Waals surface area (Å²) >= 11 is 0. The molecule has 0 saturated carbocycles. The van der Waals surface area contributed by atoms with Gasteiger partial charge in [0.15, 0.2) is 0 Å². The van der Waals surface area contributed by atoms with Crippen molar-refractivity contribution < 1.29 is 17.6 Å². The first-order valence-electron chi connectivity index (χ1n) is 6.03. The zero-order valence-corrected chi connectivity index (χ0v) is 10.5. The number of benzene rings is 2. The van der Waals surface area contributed by atoms with Gasteiger partial charge in [0.1, 0.15) is 5.82 Å². The van der Waals surface area contributed by atoms with Crippen LogP contribution in [0.15, 0.2) is 48.5 Å². The molecule has 0 aliphatic heterocycles. The highest BCUT2D eigenvalue weighted by molar-refractivity contribution is 5.28. The van der Waals surface area contributed by atoms with Crippen molar-refractivity contribution in [2.45, 2.75) is 18.6 Å². The SMILES string of the molecule is NC(Cc1ccc(F)cc1)c1ccc(C(F)(F)F)cc1. The van der Waals surface area contributed by atoms with E-state index < -0.39 is 17.8 Å². The predicted octanol–water partition coefficient (Wildman–Crippen LogP) is 4.09. The van der Waals surface area contributed by atoms with E-state index in [4.69, 9.17) is 5.73 Å². The second-order valence-corrected chi connectivity index (χ2v) is 4.56. The van der Waals surface area contributed by atoms with E-state index in [1.165, 1.54) is 24.3 Å². The minimum atomic E-state index is -4.35. The third kappa shape index (κ3) is 3.57. The van der Waals surface area contributed by atoms with Gasteiger partial charge in [-0.25, -0.2) is 4.39 Å². The van der Waals surface area contributed by atoms with E-state index in [-0.39, 0.29) is 5.82 Å². The van der Waals surface area contributed by atoms with Crippen molar-refractivity contribution in [3.8, 4) is 0 Å². The van der Waals surface area contributed by atoms with Crippen LogP contribution in [0.4, 0.5) is 17.6 Å². The fourth-order valence-corrected chi connectivity index (χ4v) is 1.91. The zero-order valence-electron chi connectivity index (χ0n) is 10.5. The number of nitrogens with two attached hydrogens (primary N) is 1. The summed E-state index contributed by atoms with van der Waals surface area (Å²) in [5, 5.41) is 0. The maximum Gasteiger partial charge on any atom is 0.416 e. The van der Waals surface area contributed by atoms with Gasteiger partial charge in [0, 0.05) is 6.04 Å². The highest BCUT2D eigenvalue weighted by atomic mass is 19.4. The Morgan fingerprint density at radius 3 is 1.95 bits per heavy atom. The monoisotopic (exact) mass is 283 g/mol. The molecule has 1 unspecified atom stereocenters. The van der Waals surface area contributed by atoms with E-state index in [1.54, 1.807) is 12.1 Å². The third-order valence-electron chi connectivity index (χ3n) is 3.04. The summed E-state index contributed by atoms with van der Waals surface area (Å²) in [7, 11) is 0. The normalized spacial score (nSPS) is 13.2. The Kier molecular flexibility index (Phi) is 4.09. The van der Waals surface area contributed by atoms with Gasteiger partial charge in [0.05, 0.1) is 5.56 Å². The molecule has 0 spiro atoms. The average Bonchev–Trinajstić information content (AvgIpc) is 2.40. The van der Waals surface area contributed by atoms with Gasteiger partial charge in [-0.2, -0.15) is 13.2 Å². The Morgan fingerprint density at radius 1 is 0.900 bits per heavy atom. The molecule has 2 aromatic rings. The Bertz CT molecular complexity index is 558. The first kappa shape index (κ1) is 14.5. The molecule has 0 heterocycles. The number of halogens is 4. The number of alkyl halides is 3. The standard InChI is InChI=1S/C15H13F4N/c16-13-7-1-10(2-8-13)9-14(20)11-3-5-12(6-4-11)15(17,18)19/h1-8,14H,9,20H2. The molecule has 0 radical (unpaired) electrons. The first-order valence-corrected chi connectivity index (χ1v) is 6.03. The molecule has 0 amide bonds. The molecule has 5 heteroatoms. The Labute approximate surface area is 114 Å². The van der Waals surface area contributed by atoms with Crippen LogP contribution in [0.3, 0.4) is 0 Å². The molecule has 1 atom stereocenters. The lowest BCUT2D eigenvalue weighted by atomic mass is 9.98. The molecule has 20 heavy (non-hydrogen) atoms. The average molecular weight is 283 g/mol. The van der Waals surface area contributed by atoms with Crippen molar-refractivity contribution in [2.24, 2.45) is 5.73 Å². The van der Waals surface area contributed by atoms with E-state index in [1.807, 2.05) is 0 Å². The molecule has 0 bridgehead atoms. The predicted molar refractivity (Wildman–Crippen MR) is 68.5 cm³/mol.